The number of ether oxygens (including phenoxy) is 2. The Morgan fingerprint density at radius 1 is 1.27 bits per heavy atom. The number of hydrogen-bond donors (Lipinski definition) is 1. The van der Waals surface area contributed by atoms with Gasteiger partial charge in [-0.25, -0.2) is 9.38 Å². The Hall–Kier alpha value is -3.44. The van der Waals surface area contributed by atoms with Crippen LogP contribution in [0.1, 0.15) is 43.7 Å². The van der Waals surface area contributed by atoms with Gasteiger partial charge in [0.2, 0.25) is 5.54 Å². The zero-order valence-electron chi connectivity index (χ0n) is 18.5. The van der Waals surface area contributed by atoms with Gasteiger partial charge in [0.05, 0.1) is 17.7 Å². The number of nitrogens with two attached hydrogens (primary N) is 1. The van der Waals surface area contributed by atoms with Crippen LogP contribution in [-0.4, -0.2) is 41.9 Å². The third-order valence-electron chi connectivity index (χ3n) is 7.02. The third-order valence-corrected chi connectivity index (χ3v) is 7.02. The van der Waals surface area contributed by atoms with Crippen LogP contribution in [0.4, 0.5) is 4.39 Å². The highest BCUT2D eigenvalue weighted by molar-refractivity contribution is 6.08. The Morgan fingerprint density at radius 2 is 2.00 bits per heavy atom. The largest absolute Gasteiger partial charge is 0.483 e. The lowest BCUT2D eigenvalue weighted by Crippen LogP contribution is -2.58. The van der Waals surface area contributed by atoms with Crippen molar-refractivity contribution in [3.05, 3.63) is 53.6 Å². The van der Waals surface area contributed by atoms with Crippen LogP contribution in [0, 0.1) is 11.3 Å². The first-order valence-corrected chi connectivity index (χ1v) is 11.1. The zero-order chi connectivity index (χ0) is 23.4. The third kappa shape index (κ3) is 3.10. The van der Waals surface area contributed by atoms with E-state index in [1.807, 2.05) is 30.3 Å². The van der Waals surface area contributed by atoms with E-state index < -0.39 is 17.5 Å². The number of carbonyl (C=O) groups excluding carboxylic acids is 1. The second-order valence-corrected chi connectivity index (χ2v) is 8.92. The van der Waals surface area contributed by atoms with Gasteiger partial charge in [-0.15, -0.1) is 0 Å². The number of guanidine groups is 1. The molecule has 0 bridgehead atoms. The lowest BCUT2D eigenvalue weighted by Gasteiger charge is -2.43. The second-order valence-electron chi connectivity index (χ2n) is 8.92. The minimum Gasteiger partial charge on any atom is -0.483 e. The van der Waals surface area contributed by atoms with Gasteiger partial charge >= 0.3 is 0 Å². The summed E-state index contributed by atoms with van der Waals surface area (Å²) in [4.78, 5) is 19.8. The van der Waals surface area contributed by atoms with Crippen LogP contribution in [0.3, 0.4) is 0 Å². The number of halogens is 1. The molecule has 2 unspecified atom stereocenters. The number of nitrogens with zero attached hydrogens (tertiary/aromatic N) is 3. The molecule has 1 saturated carbocycles. The summed E-state index contributed by atoms with van der Waals surface area (Å²) in [5.74, 6) is 0.497. The highest BCUT2D eigenvalue weighted by Crippen LogP contribution is 2.59. The Kier molecular flexibility index (Phi) is 4.91. The molecule has 5 rings (SSSR count). The molecule has 2 N–H and O–H groups in total. The molecule has 2 heterocycles. The Bertz CT molecular complexity index is 1200. The van der Waals surface area contributed by atoms with Crippen molar-refractivity contribution < 1.29 is 18.7 Å². The number of carbonyl (C=O) groups is 1. The second kappa shape index (κ2) is 7.56. The van der Waals surface area contributed by atoms with Gasteiger partial charge in [0.1, 0.15) is 11.4 Å². The van der Waals surface area contributed by atoms with E-state index in [1.54, 1.807) is 19.2 Å². The van der Waals surface area contributed by atoms with Gasteiger partial charge in [-0.3, -0.25) is 9.69 Å². The molecule has 1 amide bonds. The van der Waals surface area contributed by atoms with Crippen molar-refractivity contribution in [2.24, 2.45) is 10.7 Å². The molecule has 2 atom stereocenters. The molecule has 1 aliphatic carbocycles. The summed E-state index contributed by atoms with van der Waals surface area (Å²) in [5, 5.41) is 9.28. The number of hydrogen-bond acceptors (Lipinski definition) is 6. The van der Waals surface area contributed by atoms with Crippen LogP contribution >= 0.6 is 0 Å². The molecule has 0 radical (unpaired) electrons. The Morgan fingerprint density at radius 3 is 2.64 bits per heavy atom. The van der Waals surface area contributed by atoms with E-state index in [-0.39, 0.29) is 18.0 Å². The number of rotatable bonds is 3. The van der Waals surface area contributed by atoms with E-state index in [2.05, 4.69) is 6.07 Å². The first-order valence-electron chi connectivity index (χ1n) is 11.1. The monoisotopic (exact) mass is 448 g/mol. The number of likely N-dealkylation sites (N-methyl/N-ethyl adjacent to an activating group) is 1. The first-order chi connectivity index (χ1) is 15.8. The molecule has 8 heteroatoms. The van der Waals surface area contributed by atoms with Crippen LogP contribution in [-0.2, 0) is 15.1 Å². The van der Waals surface area contributed by atoms with Crippen molar-refractivity contribution in [3.63, 3.8) is 0 Å². The summed E-state index contributed by atoms with van der Waals surface area (Å²) < 4.78 is 25.3. The first kappa shape index (κ1) is 21.4. The highest BCUT2D eigenvalue weighted by Gasteiger charge is 2.69. The molecule has 33 heavy (non-hydrogen) atoms. The van der Waals surface area contributed by atoms with Crippen LogP contribution in [0.2, 0.25) is 0 Å². The zero-order valence-corrected chi connectivity index (χ0v) is 18.5. The lowest BCUT2D eigenvalue weighted by atomic mass is 9.68. The molecule has 2 aliphatic heterocycles. The normalized spacial score (nSPS) is 29.0. The van der Waals surface area contributed by atoms with Crippen molar-refractivity contribution >= 4 is 11.9 Å². The fourth-order valence-corrected chi connectivity index (χ4v) is 5.42. The summed E-state index contributed by atoms with van der Waals surface area (Å²) in [5.41, 5.74) is 6.83. The van der Waals surface area contributed by atoms with Crippen LogP contribution in [0.25, 0.3) is 11.1 Å². The fourth-order valence-electron chi connectivity index (χ4n) is 5.42. The van der Waals surface area contributed by atoms with E-state index in [1.165, 1.54) is 11.8 Å². The van der Waals surface area contributed by atoms with Gasteiger partial charge in [0, 0.05) is 12.6 Å². The lowest BCUT2D eigenvalue weighted by molar-refractivity contribution is -0.145. The number of benzene rings is 2. The van der Waals surface area contributed by atoms with Gasteiger partial charge in [-0.1, -0.05) is 18.2 Å². The maximum atomic E-state index is 13.7. The number of nitriles is 1. The van der Waals surface area contributed by atoms with Gasteiger partial charge in [0.15, 0.2) is 12.3 Å². The Balaban J connectivity index is 1.61. The van der Waals surface area contributed by atoms with Gasteiger partial charge in [0.25, 0.3) is 5.91 Å². The minimum atomic E-state index is -1.35. The topological polar surface area (TPSA) is 101 Å². The molecular weight excluding hydrogens is 423 g/mol. The number of fused-ring (bicyclic) bond motifs is 3. The summed E-state index contributed by atoms with van der Waals surface area (Å²) in [6.45, 7) is 1.37. The fraction of sp³-hybridized carbons (Fsp3) is 0.400. The predicted molar refractivity (Wildman–Crippen MR) is 120 cm³/mol. The van der Waals surface area contributed by atoms with Crippen molar-refractivity contribution in [2.75, 3.05) is 7.05 Å². The number of amides is 1. The average Bonchev–Trinajstić information content (AvgIpc) is 3.21. The van der Waals surface area contributed by atoms with E-state index >= 15 is 0 Å². The van der Waals surface area contributed by atoms with E-state index in [9.17, 15) is 14.4 Å². The van der Waals surface area contributed by atoms with E-state index in [4.69, 9.17) is 20.2 Å². The molecular formula is C25H25FN4O3. The van der Waals surface area contributed by atoms with Gasteiger partial charge in [-0.2, -0.15) is 5.26 Å². The number of alkyl halides is 1. The summed E-state index contributed by atoms with van der Waals surface area (Å²) in [6.07, 6.45) is 0.476. The molecule has 2 spiro atoms. The average molecular weight is 448 g/mol. The summed E-state index contributed by atoms with van der Waals surface area (Å²) in [7, 11) is 1.61. The molecule has 3 aliphatic rings. The van der Waals surface area contributed by atoms with E-state index in [0.717, 1.165) is 11.1 Å². The highest BCUT2D eigenvalue weighted by atomic mass is 19.1. The van der Waals surface area contributed by atoms with Crippen molar-refractivity contribution in [1.29, 1.82) is 5.26 Å². The van der Waals surface area contributed by atoms with E-state index in [0.29, 0.717) is 42.6 Å². The van der Waals surface area contributed by atoms with Crippen LogP contribution < -0.4 is 10.5 Å². The SMILES string of the molecule is CC(F)OC1CCC2(CC1)Oc1ccc(-c3cccc(C#N)c3)cc1C21N=C(N)N(C)C1=O. The van der Waals surface area contributed by atoms with Crippen molar-refractivity contribution in [2.45, 2.75) is 56.2 Å². The summed E-state index contributed by atoms with van der Waals surface area (Å²) in [6, 6.07) is 15.1. The maximum Gasteiger partial charge on any atom is 0.266 e. The van der Waals surface area contributed by atoms with Crippen molar-refractivity contribution in [3.8, 4) is 22.9 Å². The molecule has 170 valence electrons. The smallest absolute Gasteiger partial charge is 0.266 e. The summed E-state index contributed by atoms with van der Waals surface area (Å²) >= 11 is 0. The maximum absolute atomic E-state index is 13.7. The molecule has 2 aromatic carbocycles. The molecule has 7 nitrogen and oxygen atoms in total. The van der Waals surface area contributed by atoms with Crippen LogP contribution in [0.5, 0.6) is 5.75 Å². The van der Waals surface area contributed by atoms with Gasteiger partial charge in [-0.05, 0) is 68.0 Å². The standard InChI is InChI=1S/C25H25FN4O3/c1-15(26)32-19-8-10-24(11-9-19)25(22(31)30(2)23(28)29-25)20-13-18(6-7-21(20)33-24)17-5-3-4-16(12-17)14-27/h3-7,12-13,15,19H,8-11H2,1-2H3,(H2,28,29). The minimum absolute atomic E-state index is 0.142. The molecule has 0 aromatic heterocycles. The Labute approximate surface area is 191 Å². The van der Waals surface area contributed by atoms with Gasteiger partial charge < -0.3 is 15.2 Å². The predicted octanol–water partition coefficient (Wildman–Crippen LogP) is 3.61. The molecule has 2 aromatic rings. The quantitative estimate of drug-likeness (QED) is 0.773. The van der Waals surface area contributed by atoms with Crippen LogP contribution in [0.15, 0.2) is 47.5 Å². The van der Waals surface area contributed by atoms with Crippen molar-refractivity contribution in [1.82, 2.24) is 4.90 Å². The number of aliphatic imine (C=N–C) groups is 1. The molecule has 0 saturated heterocycles. The molecule has 1 fully saturated rings.